The van der Waals surface area contributed by atoms with Gasteiger partial charge in [-0.3, -0.25) is 4.98 Å². The molecule has 2 aromatic heterocycles. The first-order valence-corrected chi connectivity index (χ1v) is 11.8. The number of thiocarbonyl (C=S) groups is 1. The maximum atomic E-state index is 6.37. The van der Waals surface area contributed by atoms with E-state index < -0.39 is 0 Å². The minimum Gasteiger partial charge on any atom is -0.497 e. The molecule has 1 aliphatic rings. The Hall–Kier alpha value is -3.29. The predicted octanol–water partition coefficient (Wildman–Crippen LogP) is 6.32. The summed E-state index contributed by atoms with van der Waals surface area (Å²) in [5.41, 5.74) is 3.10. The van der Waals surface area contributed by atoms with Gasteiger partial charge < -0.3 is 19.4 Å². The fourth-order valence-electron chi connectivity index (χ4n) is 3.94. The van der Waals surface area contributed by atoms with Crippen molar-refractivity contribution < 1.29 is 9.15 Å². The summed E-state index contributed by atoms with van der Waals surface area (Å²) in [6, 6.07) is 25.9. The normalized spacial score (nSPS) is 17.8. The van der Waals surface area contributed by atoms with Crippen LogP contribution >= 0.6 is 24.0 Å². The van der Waals surface area contributed by atoms with Gasteiger partial charge in [0, 0.05) is 16.8 Å². The molecule has 2 aromatic carbocycles. The minimum absolute atomic E-state index is 0.149. The van der Waals surface area contributed by atoms with Crippen molar-refractivity contribution in [1.82, 2.24) is 10.3 Å². The summed E-state index contributed by atoms with van der Waals surface area (Å²) in [7, 11) is 1.66. The van der Waals surface area contributed by atoms with E-state index >= 15 is 0 Å². The van der Waals surface area contributed by atoms with E-state index in [1.54, 1.807) is 25.1 Å². The third-order valence-corrected chi connectivity index (χ3v) is 6.82. The Morgan fingerprint density at radius 3 is 2.48 bits per heavy atom. The molecule has 0 radical (unpaired) electrons. The van der Waals surface area contributed by atoms with Crippen LogP contribution in [0, 0.1) is 6.92 Å². The van der Waals surface area contributed by atoms with E-state index in [1.165, 1.54) is 5.56 Å². The van der Waals surface area contributed by atoms with Crippen LogP contribution in [0.4, 0.5) is 5.69 Å². The topological polar surface area (TPSA) is 50.5 Å². The Labute approximate surface area is 202 Å². The number of aryl methyl sites for hydroxylation is 1. The quantitative estimate of drug-likeness (QED) is 0.329. The summed E-state index contributed by atoms with van der Waals surface area (Å²) < 4.78 is 11.7. The lowest BCUT2D eigenvalue weighted by Gasteiger charge is -2.26. The molecule has 3 heterocycles. The van der Waals surface area contributed by atoms with Crippen molar-refractivity contribution in [2.24, 2.45) is 0 Å². The van der Waals surface area contributed by atoms with Crippen LogP contribution in [0.2, 0.25) is 0 Å². The smallest absolute Gasteiger partial charge is 0.174 e. The van der Waals surface area contributed by atoms with Crippen molar-refractivity contribution in [3.63, 3.8) is 0 Å². The number of benzene rings is 2. The first kappa shape index (κ1) is 21.6. The predicted molar refractivity (Wildman–Crippen MR) is 135 cm³/mol. The molecule has 1 fully saturated rings. The van der Waals surface area contributed by atoms with Crippen LogP contribution in [0.1, 0.15) is 29.1 Å². The molecule has 5 rings (SSSR count). The van der Waals surface area contributed by atoms with Gasteiger partial charge in [-0.1, -0.05) is 35.5 Å². The number of nitrogens with zero attached hydrogens (tertiary/aromatic N) is 2. The maximum Gasteiger partial charge on any atom is 0.174 e. The number of methoxy groups -OCH3 is 1. The number of hydrogen-bond acceptors (Lipinski definition) is 5. The third-order valence-electron chi connectivity index (χ3n) is 5.58. The molecule has 1 aliphatic heterocycles. The molecule has 7 heteroatoms. The molecule has 1 N–H and O–H groups in total. The fraction of sp³-hybridized carbons (Fsp3) is 0.154. The van der Waals surface area contributed by atoms with E-state index in [1.807, 2.05) is 54.6 Å². The zero-order valence-electron chi connectivity index (χ0n) is 18.3. The molecule has 0 amide bonds. The standard InChI is InChI=1S/C26H23N3O2S2/c1-17-6-12-20(13-7-17)33-23-15-14-22(31-23)25-24(21-5-3-4-16-27-21)28-26(32)29(25)18-8-10-19(30-2)11-9-18/h3-16,24-25H,1-2H3,(H,28,32)/t24-,25-/m1/s1. The first-order chi connectivity index (χ1) is 16.1. The van der Waals surface area contributed by atoms with Gasteiger partial charge in [0.2, 0.25) is 0 Å². The van der Waals surface area contributed by atoms with Gasteiger partial charge in [-0.05, 0) is 79.8 Å². The van der Waals surface area contributed by atoms with Gasteiger partial charge in [-0.25, -0.2) is 0 Å². The summed E-state index contributed by atoms with van der Waals surface area (Å²) in [5.74, 6) is 1.62. The van der Waals surface area contributed by atoms with Crippen LogP contribution in [-0.2, 0) is 0 Å². The van der Waals surface area contributed by atoms with Crippen molar-refractivity contribution in [1.29, 1.82) is 0 Å². The van der Waals surface area contributed by atoms with E-state index in [0.29, 0.717) is 5.11 Å². The molecule has 0 aliphatic carbocycles. The first-order valence-electron chi connectivity index (χ1n) is 10.6. The lowest BCUT2D eigenvalue weighted by molar-refractivity contribution is 0.383. The van der Waals surface area contributed by atoms with Gasteiger partial charge in [-0.2, -0.15) is 0 Å². The average molecular weight is 474 g/mol. The summed E-state index contributed by atoms with van der Waals surface area (Å²) in [6.07, 6.45) is 1.80. The highest BCUT2D eigenvalue weighted by Gasteiger charge is 2.42. The van der Waals surface area contributed by atoms with Crippen LogP contribution < -0.4 is 15.0 Å². The molecule has 0 bridgehead atoms. The largest absolute Gasteiger partial charge is 0.497 e. The number of ether oxygens (including phenoxy) is 1. The Bertz CT molecular complexity index is 1240. The summed E-state index contributed by atoms with van der Waals surface area (Å²) in [5, 5.41) is 4.92. The monoisotopic (exact) mass is 473 g/mol. The number of furan rings is 1. The highest BCUT2D eigenvalue weighted by Crippen LogP contribution is 2.43. The molecular weight excluding hydrogens is 450 g/mol. The Balaban J connectivity index is 1.51. The molecule has 4 aromatic rings. The number of nitrogens with one attached hydrogen (secondary N) is 1. The van der Waals surface area contributed by atoms with Crippen molar-refractivity contribution >= 4 is 34.8 Å². The highest BCUT2D eigenvalue weighted by atomic mass is 32.2. The molecule has 2 atom stereocenters. The van der Waals surface area contributed by atoms with Crippen molar-refractivity contribution in [3.05, 3.63) is 102 Å². The Kier molecular flexibility index (Phi) is 6.07. The second-order valence-electron chi connectivity index (χ2n) is 7.77. The molecule has 0 spiro atoms. The van der Waals surface area contributed by atoms with E-state index in [-0.39, 0.29) is 12.1 Å². The number of aromatic nitrogens is 1. The molecule has 0 unspecified atom stereocenters. The van der Waals surface area contributed by atoms with Crippen molar-refractivity contribution in [2.45, 2.75) is 29.0 Å². The molecule has 5 nitrogen and oxygen atoms in total. The minimum atomic E-state index is -0.187. The van der Waals surface area contributed by atoms with Crippen LogP contribution in [-0.4, -0.2) is 17.2 Å². The SMILES string of the molecule is COc1ccc(N2C(=S)N[C@H](c3ccccn3)[C@H]2c2ccc(Sc3ccc(C)cc3)o2)cc1. The Morgan fingerprint density at radius 1 is 1.00 bits per heavy atom. The maximum absolute atomic E-state index is 6.37. The van der Waals surface area contributed by atoms with E-state index in [0.717, 1.165) is 32.9 Å². The van der Waals surface area contributed by atoms with Crippen LogP contribution in [0.15, 0.2) is 99.5 Å². The average Bonchev–Trinajstić information content (AvgIpc) is 3.45. The van der Waals surface area contributed by atoms with Gasteiger partial charge in [0.15, 0.2) is 10.2 Å². The third kappa shape index (κ3) is 4.47. The molecule has 0 saturated carbocycles. The van der Waals surface area contributed by atoms with Crippen LogP contribution in [0.25, 0.3) is 0 Å². The Morgan fingerprint density at radius 2 is 1.79 bits per heavy atom. The van der Waals surface area contributed by atoms with Gasteiger partial charge in [0.1, 0.15) is 17.6 Å². The molecule has 1 saturated heterocycles. The van der Waals surface area contributed by atoms with E-state index in [4.69, 9.17) is 21.4 Å². The van der Waals surface area contributed by atoms with Gasteiger partial charge >= 0.3 is 0 Å². The van der Waals surface area contributed by atoms with Crippen LogP contribution in [0.5, 0.6) is 5.75 Å². The fourth-order valence-corrected chi connectivity index (χ4v) is 5.06. The zero-order chi connectivity index (χ0) is 22.8. The van der Waals surface area contributed by atoms with Crippen molar-refractivity contribution in [3.8, 4) is 5.75 Å². The molecule has 166 valence electrons. The second-order valence-corrected chi connectivity index (χ2v) is 9.23. The number of anilines is 1. The molecular formula is C26H23N3O2S2. The zero-order valence-corrected chi connectivity index (χ0v) is 19.9. The van der Waals surface area contributed by atoms with E-state index in [2.05, 4.69) is 46.4 Å². The van der Waals surface area contributed by atoms with Gasteiger partial charge in [-0.15, -0.1) is 0 Å². The number of rotatable bonds is 6. The van der Waals surface area contributed by atoms with Gasteiger partial charge in [0.05, 0.1) is 18.8 Å². The molecule has 33 heavy (non-hydrogen) atoms. The van der Waals surface area contributed by atoms with E-state index in [9.17, 15) is 0 Å². The van der Waals surface area contributed by atoms with Crippen LogP contribution in [0.3, 0.4) is 0 Å². The number of pyridine rings is 1. The second kappa shape index (κ2) is 9.29. The lowest BCUT2D eigenvalue weighted by Crippen LogP contribution is -2.29. The van der Waals surface area contributed by atoms with Crippen molar-refractivity contribution in [2.75, 3.05) is 12.0 Å². The van der Waals surface area contributed by atoms with Gasteiger partial charge in [0.25, 0.3) is 0 Å². The lowest BCUT2D eigenvalue weighted by atomic mass is 10.0. The summed E-state index contributed by atoms with van der Waals surface area (Å²) >= 11 is 7.38. The summed E-state index contributed by atoms with van der Waals surface area (Å²) in [6.45, 7) is 2.08. The highest BCUT2D eigenvalue weighted by molar-refractivity contribution is 7.99. The summed E-state index contributed by atoms with van der Waals surface area (Å²) in [4.78, 5) is 7.82. The number of hydrogen-bond donors (Lipinski definition) is 1.